The van der Waals surface area contributed by atoms with Crippen molar-refractivity contribution in [3.63, 3.8) is 0 Å². The fourth-order valence-electron chi connectivity index (χ4n) is 2.45. The van der Waals surface area contributed by atoms with Crippen LogP contribution < -0.4 is 5.32 Å². The van der Waals surface area contributed by atoms with Gasteiger partial charge in [0.15, 0.2) is 0 Å². The number of unbranched alkanes of at least 4 members (excludes halogenated alkanes) is 6. The van der Waals surface area contributed by atoms with Crippen LogP contribution >= 0.6 is 0 Å². The lowest BCUT2D eigenvalue weighted by molar-refractivity contribution is 0.474. The Morgan fingerprint density at radius 1 is 1.00 bits per heavy atom. The van der Waals surface area contributed by atoms with Crippen LogP contribution in [0.2, 0.25) is 0 Å². The van der Waals surface area contributed by atoms with Crippen molar-refractivity contribution < 1.29 is 0 Å². The van der Waals surface area contributed by atoms with E-state index in [1.807, 2.05) is 6.20 Å². The minimum absolute atomic E-state index is 0.441. The Hall–Kier alpha value is -0.960. The molecule has 0 aromatic carbocycles. The van der Waals surface area contributed by atoms with E-state index in [0.717, 1.165) is 6.54 Å². The predicted octanol–water partition coefficient (Wildman–Crippen LogP) is 4.27. The van der Waals surface area contributed by atoms with Crippen molar-refractivity contribution in [2.45, 2.75) is 71.3 Å². The van der Waals surface area contributed by atoms with Gasteiger partial charge in [-0.05, 0) is 24.6 Å². The van der Waals surface area contributed by atoms with Crippen LogP contribution in [0, 0.1) is 0 Å². The molecule has 0 radical (unpaired) electrons. The molecule has 1 aromatic rings. The molecule has 108 valence electrons. The van der Waals surface area contributed by atoms with Crippen molar-refractivity contribution in [1.82, 2.24) is 15.5 Å². The van der Waals surface area contributed by atoms with E-state index >= 15 is 0 Å². The summed E-state index contributed by atoms with van der Waals surface area (Å²) in [4.78, 5) is 0. The summed E-state index contributed by atoms with van der Waals surface area (Å²) in [6, 6.07) is 2.51. The molecule has 1 aromatic heterocycles. The van der Waals surface area contributed by atoms with E-state index in [1.165, 1.54) is 56.9 Å². The zero-order valence-electron chi connectivity index (χ0n) is 12.6. The monoisotopic (exact) mass is 263 g/mol. The highest BCUT2D eigenvalue weighted by molar-refractivity contribution is 5.11. The smallest absolute Gasteiger partial charge is 0.0544 e. The zero-order chi connectivity index (χ0) is 13.8. The Morgan fingerprint density at radius 2 is 1.74 bits per heavy atom. The molecule has 0 aliphatic rings. The van der Waals surface area contributed by atoms with Gasteiger partial charge in [-0.2, -0.15) is 10.2 Å². The molecular formula is C16H29N3. The summed E-state index contributed by atoms with van der Waals surface area (Å²) >= 11 is 0. The molecule has 0 spiro atoms. The fraction of sp³-hybridized carbons (Fsp3) is 0.750. The van der Waals surface area contributed by atoms with Crippen molar-refractivity contribution in [3.05, 3.63) is 24.0 Å². The summed E-state index contributed by atoms with van der Waals surface area (Å²) in [7, 11) is 0. The lowest BCUT2D eigenvalue weighted by Crippen LogP contribution is -2.21. The molecule has 1 rings (SSSR count). The quantitative estimate of drug-likeness (QED) is 0.606. The maximum atomic E-state index is 3.98. The van der Waals surface area contributed by atoms with Gasteiger partial charge < -0.3 is 5.32 Å². The van der Waals surface area contributed by atoms with Gasteiger partial charge in [0.2, 0.25) is 0 Å². The Kier molecular flexibility index (Phi) is 9.25. The molecule has 0 bridgehead atoms. The largest absolute Gasteiger partial charge is 0.310 e. The average molecular weight is 263 g/mol. The van der Waals surface area contributed by atoms with Crippen LogP contribution in [0.15, 0.2) is 18.5 Å². The normalized spacial score (nSPS) is 12.5. The van der Waals surface area contributed by atoms with Crippen LogP contribution in [0.5, 0.6) is 0 Å². The predicted molar refractivity (Wildman–Crippen MR) is 81.1 cm³/mol. The van der Waals surface area contributed by atoms with Gasteiger partial charge in [0, 0.05) is 12.2 Å². The highest BCUT2D eigenvalue weighted by atomic mass is 15.1. The maximum Gasteiger partial charge on any atom is 0.0544 e. The van der Waals surface area contributed by atoms with Gasteiger partial charge >= 0.3 is 0 Å². The SMILES string of the molecule is CCCCCCCCCC(NCC)c1ccnnc1. The highest BCUT2D eigenvalue weighted by Gasteiger charge is 2.09. The third kappa shape index (κ3) is 7.26. The number of hydrogen-bond acceptors (Lipinski definition) is 3. The minimum Gasteiger partial charge on any atom is -0.310 e. The second kappa shape index (κ2) is 10.9. The van der Waals surface area contributed by atoms with E-state index in [4.69, 9.17) is 0 Å². The molecule has 3 heteroatoms. The van der Waals surface area contributed by atoms with Crippen molar-refractivity contribution >= 4 is 0 Å². The van der Waals surface area contributed by atoms with Crippen molar-refractivity contribution in [2.24, 2.45) is 0 Å². The van der Waals surface area contributed by atoms with Gasteiger partial charge in [-0.25, -0.2) is 0 Å². The van der Waals surface area contributed by atoms with Crippen LogP contribution in [0.3, 0.4) is 0 Å². The molecule has 1 heterocycles. The summed E-state index contributed by atoms with van der Waals surface area (Å²) in [5, 5.41) is 11.4. The van der Waals surface area contributed by atoms with E-state index < -0.39 is 0 Å². The van der Waals surface area contributed by atoms with Gasteiger partial charge in [0.25, 0.3) is 0 Å². The topological polar surface area (TPSA) is 37.8 Å². The molecule has 1 atom stereocenters. The van der Waals surface area contributed by atoms with Crippen molar-refractivity contribution in [2.75, 3.05) is 6.54 Å². The first-order chi connectivity index (χ1) is 9.38. The van der Waals surface area contributed by atoms with E-state index in [9.17, 15) is 0 Å². The minimum atomic E-state index is 0.441. The Labute approximate surface area is 118 Å². The van der Waals surface area contributed by atoms with E-state index in [0.29, 0.717) is 6.04 Å². The van der Waals surface area contributed by atoms with Gasteiger partial charge in [-0.3, -0.25) is 0 Å². The van der Waals surface area contributed by atoms with E-state index in [1.54, 1.807) is 6.20 Å². The van der Waals surface area contributed by atoms with Crippen LogP contribution in [0.1, 0.15) is 76.8 Å². The highest BCUT2D eigenvalue weighted by Crippen LogP contribution is 2.19. The summed E-state index contributed by atoms with van der Waals surface area (Å²) in [5.41, 5.74) is 1.27. The molecule has 1 N–H and O–H groups in total. The lowest BCUT2D eigenvalue weighted by atomic mass is 10.0. The molecule has 3 nitrogen and oxygen atoms in total. The number of hydrogen-bond donors (Lipinski definition) is 1. The molecule has 0 saturated heterocycles. The summed E-state index contributed by atoms with van der Waals surface area (Å²) in [6.07, 6.45) is 14.4. The molecule has 0 aliphatic heterocycles. The molecule has 0 aliphatic carbocycles. The maximum absolute atomic E-state index is 3.98. The third-order valence-electron chi connectivity index (χ3n) is 3.56. The first kappa shape index (κ1) is 16.1. The lowest BCUT2D eigenvalue weighted by Gasteiger charge is -2.17. The van der Waals surface area contributed by atoms with Crippen LogP contribution in [0.4, 0.5) is 0 Å². The molecule has 0 fully saturated rings. The van der Waals surface area contributed by atoms with Crippen LogP contribution in [0.25, 0.3) is 0 Å². The fourth-order valence-corrected chi connectivity index (χ4v) is 2.45. The van der Waals surface area contributed by atoms with Gasteiger partial charge in [-0.15, -0.1) is 0 Å². The molecule has 1 unspecified atom stereocenters. The number of rotatable bonds is 11. The second-order valence-electron chi connectivity index (χ2n) is 5.20. The molecular weight excluding hydrogens is 234 g/mol. The van der Waals surface area contributed by atoms with Gasteiger partial charge in [-0.1, -0.05) is 58.8 Å². The van der Waals surface area contributed by atoms with Gasteiger partial charge in [0.05, 0.1) is 6.20 Å². The zero-order valence-corrected chi connectivity index (χ0v) is 12.6. The molecule has 19 heavy (non-hydrogen) atoms. The Morgan fingerprint density at radius 3 is 2.37 bits per heavy atom. The Balaban J connectivity index is 2.20. The van der Waals surface area contributed by atoms with E-state index in [2.05, 4.69) is 35.4 Å². The first-order valence-corrected chi connectivity index (χ1v) is 7.88. The summed E-state index contributed by atoms with van der Waals surface area (Å²) in [5.74, 6) is 0. The van der Waals surface area contributed by atoms with Crippen molar-refractivity contribution in [3.8, 4) is 0 Å². The van der Waals surface area contributed by atoms with E-state index in [-0.39, 0.29) is 0 Å². The van der Waals surface area contributed by atoms with Crippen molar-refractivity contribution in [1.29, 1.82) is 0 Å². The first-order valence-electron chi connectivity index (χ1n) is 7.88. The number of nitrogens with zero attached hydrogens (tertiary/aromatic N) is 2. The summed E-state index contributed by atoms with van der Waals surface area (Å²) < 4.78 is 0. The van der Waals surface area contributed by atoms with Crippen LogP contribution in [-0.2, 0) is 0 Å². The number of aromatic nitrogens is 2. The Bertz CT molecular complexity index is 300. The molecule has 0 saturated carbocycles. The van der Waals surface area contributed by atoms with Crippen LogP contribution in [-0.4, -0.2) is 16.7 Å². The number of nitrogens with one attached hydrogen (secondary N) is 1. The standard InChI is InChI=1S/C16H29N3/c1-3-5-6-7-8-9-10-11-16(17-4-2)15-12-13-18-19-14-15/h12-14,16-17H,3-11H2,1-2H3. The third-order valence-corrected chi connectivity index (χ3v) is 3.56. The van der Waals surface area contributed by atoms with Gasteiger partial charge in [0.1, 0.15) is 0 Å². The second-order valence-corrected chi connectivity index (χ2v) is 5.20. The summed E-state index contributed by atoms with van der Waals surface area (Å²) in [6.45, 7) is 5.43. The molecule has 0 amide bonds. The average Bonchev–Trinajstić information content (AvgIpc) is 2.46.